The highest BCUT2D eigenvalue weighted by Gasteiger charge is 2.29. The number of carbonyl (C=O) groups is 1. The Hall–Kier alpha value is -3.74. The van der Waals surface area contributed by atoms with Gasteiger partial charge in [0.05, 0.1) is 33.8 Å². The summed E-state index contributed by atoms with van der Waals surface area (Å²) in [6.07, 6.45) is 2.15. The maximum Gasteiger partial charge on any atom is 0.251 e. The first-order chi connectivity index (χ1) is 20.2. The molecular weight excluding hydrogens is 587 g/mol. The number of aromatic nitrogens is 2. The lowest BCUT2D eigenvalue weighted by Crippen LogP contribution is -2.35. The molecule has 0 radical (unpaired) electrons. The van der Waals surface area contributed by atoms with Crippen LogP contribution in [-0.4, -0.2) is 62.7 Å². The smallest absolute Gasteiger partial charge is 0.251 e. The third kappa shape index (κ3) is 6.76. The van der Waals surface area contributed by atoms with Crippen molar-refractivity contribution in [3.8, 4) is 5.69 Å². The molecular formula is C31H37N5O5S2. The monoisotopic (exact) mass is 623 g/mol. The second-order valence-corrected chi connectivity index (χ2v) is 15.5. The number of nitrogens with zero attached hydrogens (tertiary/aromatic N) is 2. The van der Waals surface area contributed by atoms with Gasteiger partial charge in [0.15, 0.2) is 9.84 Å². The minimum Gasteiger partial charge on any atom is -0.381 e. The Morgan fingerprint density at radius 1 is 1.05 bits per heavy atom. The molecule has 3 aromatic carbocycles. The van der Waals surface area contributed by atoms with E-state index in [0.29, 0.717) is 33.7 Å². The fraction of sp³-hybridized carbons (Fsp3) is 0.355. The SMILES string of the molecule is Cc1cc(C)c(S(=O)(=O)NC[C@@H](C)Nc2cc(C)cc3c2cnn3-c2cccc(C(=O)NC3CCS(=O)(=O)C3)c2)c(C)c1. The molecule has 0 spiro atoms. The average Bonchev–Trinajstić information content (AvgIpc) is 3.49. The predicted octanol–water partition coefficient (Wildman–Crippen LogP) is 3.95. The lowest BCUT2D eigenvalue weighted by Gasteiger charge is -2.19. The molecule has 228 valence electrons. The molecule has 5 rings (SSSR count). The number of rotatable bonds is 9. The molecule has 1 saturated heterocycles. The van der Waals surface area contributed by atoms with Crippen LogP contribution in [-0.2, 0) is 19.9 Å². The van der Waals surface area contributed by atoms with Gasteiger partial charge in [-0.3, -0.25) is 4.79 Å². The van der Waals surface area contributed by atoms with E-state index < -0.39 is 19.9 Å². The van der Waals surface area contributed by atoms with Crippen LogP contribution in [0, 0.1) is 27.7 Å². The van der Waals surface area contributed by atoms with Crippen molar-refractivity contribution in [2.75, 3.05) is 23.4 Å². The third-order valence-electron chi connectivity index (χ3n) is 7.61. The van der Waals surface area contributed by atoms with E-state index in [1.165, 1.54) is 0 Å². The molecule has 1 aliphatic heterocycles. The number of nitrogens with one attached hydrogen (secondary N) is 3. The van der Waals surface area contributed by atoms with Gasteiger partial charge < -0.3 is 10.6 Å². The van der Waals surface area contributed by atoms with E-state index in [9.17, 15) is 21.6 Å². The normalized spacial score (nSPS) is 17.2. The van der Waals surface area contributed by atoms with E-state index >= 15 is 0 Å². The number of sulfone groups is 1. The van der Waals surface area contributed by atoms with E-state index in [-0.39, 0.29) is 36.0 Å². The van der Waals surface area contributed by atoms with Gasteiger partial charge in [-0.15, -0.1) is 0 Å². The van der Waals surface area contributed by atoms with Crippen molar-refractivity contribution in [1.82, 2.24) is 19.8 Å². The summed E-state index contributed by atoms with van der Waals surface area (Å²) in [5.74, 6) is -0.280. The number of sulfonamides is 1. The molecule has 2 atom stereocenters. The lowest BCUT2D eigenvalue weighted by molar-refractivity contribution is 0.0941. The van der Waals surface area contributed by atoms with Gasteiger partial charge in [-0.25, -0.2) is 26.2 Å². The molecule has 1 unspecified atom stereocenters. The predicted molar refractivity (Wildman–Crippen MR) is 169 cm³/mol. The molecule has 0 bridgehead atoms. The minimum atomic E-state index is -3.70. The number of hydrogen-bond acceptors (Lipinski definition) is 7. The summed E-state index contributed by atoms with van der Waals surface area (Å²) in [6.45, 7) is 9.62. The molecule has 0 saturated carbocycles. The Morgan fingerprint density at radius 2 is 1.74 bits per heavy atom. The van der Waals surface area contributed by atoms with E-state index in [2.05, 4.69) is 20.5 Å². The van der Waals surface area contributed by atoms with Crippen molar-refractivity contribution in [1.29, 1.82) is 0 Å². The van der Waals surface area contributed by atoms with Gasteiger partial charge in [0, 0.05) is 35.3 Å². The minimum absolute atomic E-state index is 0.0393. The third-order valence-corrected chi connectivity index (χ3v) is 11.1. The zero-order valence-corrected chi connectivity index (χ0v) is 26.6. The number of benzene rings is 3. The molecule has 10 nitrogen and oxygen atoms in total. The number of aryl methyl sites for hydroxylation is 4. The molecule has 4 aromatic rings. The summed E-state index contributed by atoms with van der Waals surface area (Å²) in [5.41, 5.74) is 6.15. The first kappa shape index (κ1) is 30.7. The summed E-state index contributed by atoms with van der Waals surface area (Å²) < 4.78 is 54.4. The topological polar surface area (TPSA) is 139 Å². The van der Waals surface area contributed by atoms with Crippen LogP contribution < -0.4 is 15.4 Å². The number of hydrogen-bond donors (Lipinski definition) is 3. The maximum atomic E-state index is 13.2. The lowest BCUT2D eigenvalue weighted by atomic mass is 10.1. The Bertz CT molecular complexity index is 1910. The van der Waals surface area contributed by atoms with Crippen LogP contribution in [0.2, 0.25) is 0 Å². The van der Waals surface area contributed by atoms with Crippen molar-refractivity contribution in [2.24, 2.45) is 0 Å². The van der Waals surface area contributed by atoms with E-state index in [0.717, 1.165) is 27.7 Å². The fourth-order valence-corrected chi connectivity index (χ4v) is 9.02. The Labute approximate surface area is 252 Å². The van der Waals surface area contributed by atoms with Gasteiger partial charge in [0.25, 0.3) is 5.91 Å². The number of amides is 1. The second-order valence-electron chi connectivity index (χ2n) is 11.6. The molecule has 3 N–H and O–H groups in total. The van der Waals surface area contributed by atoms with Crippen molar-refractivity contribution in [2.45, 2.75) is 58.0 Å². The van der Waals surface area contributed by atoms with Gasteiger partial charge >= 0.3 is 0 Å². The zero-order valence-electron chi connectivity index (χ0n) is 24.9. The average molecular weight is 624 g/mol. The van der Waals surface area contributed by atoms with Crippen LogP contribution in [0.1, 0.15) is 46.0 Å². The molecule has 12 heteroatoms. The summed E-state index contributed by atoms with van der Waals surface area (Å²) in [4.78, 5) is 13.2. The molecule has 43 heavy (non-hydrogen) atoms. The summed E-state index contributed by atoms with van der Waals surface area (Å²) in [7, 11) is -6.81. The first-order valence-electron chi connectivity index (χ1n) is 14.2. The van der Waals surface area contributed by atoms with E-state index in [1.54, 1.807) is 29.1 Å². The largest absolute Gasteiger partial charge is 0.381 e. The number of carbonyl (C=O) groups excluding carboxylic acids is 1. The molecule has 0 aliphatic carbocycles. The van der Waals surface area contributed by atoms with Crippen LogP contribution in [0.3, 0.4) is 0 Å². The summed E-state index contributed by atoms with van der Waals surface area (Å²) in [6, 6.07) is 14.1. The Kier molecular flexibility index (Phi) is 8.39. The molecule has 1 aromatic heterocycles. The van der Waals surface area contributed by atoms with Crippen LogP contribution in [0.25, 0.3) is 16.6 Å². The van der Waals surface area contributed by atoms with Crippen LogP contribution in [0.4, 0.5) is 5.69 Å². The number of fused-ring (bicyclic) bond motifs is 1. The van der Waals surface area contributed by atoms with E-state index in [4.69, 9.17) is 0 Å². The second kappa shape index (κ2) is 11.7. The van der Waals surface area contributed by atoms with Crippen molar-refractivity contribution < 1.29 is 21.6 Å². The van der Waals surface area contributed by atoms with Crippen molar-refractivity contribution in [3.63, 3.8) is 0 Å². The standard InChI is InChI=1S/C31H37N5O5S2/c1-19-11-21(3)30(22(4)12-19)43(40,41)33-16-23(5)34-28-13-20(2)14-29-27(28)17-32-36(29)26-8-6-7-24(15-26)31(37)35-25-9-10-42(38,39)18-25/h6-8,11-15,17,23,25,33-34H,9-10,16,18H2,1-5H3,(H,35,37)/t23-,25?/m1/s1. The van der Waals surface area contributed by atoms with Crippen molar-refractivity contribution >= 4 is 42.4 Å². The Morgan fingerprint density at radius 3 is 2.42 bits per heavy atom. The molecule has 1 aliphatic rings. The van der Waals surface area contributed by atoms with Gasteiger partial charge in [0.1, 0.15) is 0 Å². The van der Waals surface area contributed by atoms with Gasteiger partial charge in [0.2, 0.25) is 10.0 Å². The van der Waals surface area contributed by atoms with Crippen LogP contribution in [0.15, 0.2) is 59.6 Å². The fourth-order valence-electron chi connectivity index (χ4n) is 5.76. The van der Waals surface area contributed by atoms with Gasteiger partial charge in [-0.05, 0) is 88.1 Å². The van der Waals surface area contributed by atoms with Gasteiger partial charge in [-0.2, -0.15) is 5.10 Å². The van der Waals surface area contributed by atoms with Crippen LogP contribution in [0.5, 0.6) is 0 Å². The highest BCUT2D eigenvalue weighted by Crippen LogP contribution is 2.28. The highest BCUT2D eigenvalue weighted by atomic mass is 32.2. The highest BCUT2D eigenvalue weighted by molar-refractivity contribution is 7.91. The van der Waals surface area contributed by atoms with Crippen LogP contribution >= 0.6 is 0 Å². The maximum absolute atomic E-state index is 13.2. The zero-order chi connectivity index (χ0) is 31.1. The van der Waals surface area contributed by atoms with Gasteiger partial charge in [-0.1, -0.05) is 23.8 Å². The number of anilines is 1. The summed E-state index contributed by atoms with van der Waals surface area (Å²) >= 11 is 0. The molecule has 1 fully saturated rings. The summed E-state index contributed by atoms with van der Waals surface area (Å²) in [5, 5.41) is 11.7. The van der Waals surface area contributed by atoms with E-state index in [1.807, 2.05) is 65.0 Å². The first-order valence-corrected chi connectivity index (χ1v) is 17.5. The van der Waals surface area contributed by atoms with Crippen molar-refractivity contribution in [3.05, 3.63) is 82.5 Å². The molecule has 2 heterocycles. The Balaban J connectivity index is 1.34. The quantitative estimate of drug-likeness (QED) is 0.257. The molecule has 1 amide bonds.